The zero-order valence-electron chi connectivity index (χ0n) is 11.5. The molecule has 0 saturated carbocycles. The lowest BCUT2D eigenvalue weighted by Crippen LogP contribution is -2.52. The van der Waals surface area contributed by atoms with Crippen molar-refractivity contribution in [3.8, 4) is 0 Å². The quantitative estimate of drug-likeness (QED) is 0.761. The van der Waals surface area contributed by atoms with Crippen molar-refractivity contribution >= 4 is 5.91 Å². The smallest absolute Gasteiger partial charge is 0.239 e. The number of rotatable bonds is 5. The van der Waals surface area contributed by atoms with Gasteiger partial charge in [0.25, 0.3) is 0 Å². The van der Waals surface area contributed by atoms with Crippen LogP contribution in [0, 0.1) is 11.3 Å². The molecule has 0 aromatic carbocycles. The summed E-state index contributed by atoms with van der Waals surface area (Å²) in [5.41, 5.74) is 0.152. The average Bonchev–Trinajstić information content (AvgIpc) is 2.25. The third-order valence-corrected chi connectivity index (χ3v) is 2.94. The number of carbonyl (C=O) groups is 1. The Labute approximate surface area is 104 Å². The standard InChI is InChI=1S/C13H26N2O2/c1-10(2)7-13(3,4)9-15-12(16)11-8-17-6-5-14-11/h10-11,14H,5-9H2,1-4H3,(H,15,16). The third-order valence-electron chi connectivity index (χ3n) is 2.94. The van der Waals surface area contributed by atoms with E-state index < -0.39 is 0 Å². The molecule has 1 rings (SSSR count). The van der Waals surface area contributed by atoms with Gasteiger partial charge < -0.3 is 15.4 Å². The fraction of sp³-hybridized carbons (Fsp3) is 0.923. The van der Waals surface area contributed by atoms with Gasteiger partial charge in [-0.25, -0.2) is 0 Å². The molecule has 1 amide bonds. The van der Waals surface area contributed by atoms with Crippen molar-refractivity contribution in [3.05, 3.63) is 0 Å². The molecule has 100 valence electrons. The number of hydrogen-bond donors (Lipinski definition) is 2. The van der Waals surface area contributed by atoms with E-state index in [0.29, 0.717) is 19.1 Å². The van der Waals surface area contributed by atoms with E-state index in [9.17, 15) is 4.79 Å². The zero-order valence-corrected chi connectivity index (χ0v) is 11.5. The Bertz CT molecular complexity index is 246. The molecule has 4 nitrogen and oxygen atoms in total. The maximum absolute atomic E-state index is 11.9. The van der Waals surface area contributed by atoms with Crippen LogP contribution in [-0.2, 0) is 9.53 Å². The van der Waals surface area contributed by atoms with Crippen molar-refractivity contribution < 1.29 is 9.53 Å². The number of hydrogen-bond acceptors (Lipinski definition) is 3. The number of ether oxygens (including phenoxy) is 1. The van der Waals surface area contributed by atoms with Gasteiger partial charge in [-0.1, -0.05) is 27.7 Å². The van der Waals surface area contributed by atoms with Crippen LogP contribution in [0.2, 0.25) is 0 Å². The molecule has 17 heavy (non-hydrogen) atoms. The van der Waals surface area contributed by atoms with Crippen LogP contribution in [-0.4, -0.2) is 38.3 Å². The number of carbonyl (C=O) groups excluding carboxylic acids is 1. The average molecular weight is 242 g/mol. The predicted molar refractivity (Wildman–Crippen MR) is 68.9 cm³/mol. The zero-order chi connectivity index (χ0) is 12.9. The summed E-state index contributed by atoms with van der Waals surface area (Å²) in [6.45, 7) is 11.5. The molecule has 0 aromatic rings. The Morgan fingerprint density at radius 1 is 1.53 bits per heavy atom. The molecule has 1 saturated heterocycles. The Morgan fingerprint density at radius 2 is 2.24 bits per heavy atom. The first-order chi connectivity index (χ1) is 7.91. The summed E-state index contributed by atoms with van der Waals surface area (Å²) < 4.78 is 5.28. The van der Waals surface area contributed by atoms with E-state index in [1.165, 1.54) is 0 Å². The van der Waals surface area contributed by atoms with Crippen LogP contribution in [0.25, 0.3) is 0 Å². The maximum Gasteiger partial charge on any atom is 0.239 e. The second-order valence-electron chi connectivity index (χ2n) is 6.06. The maximum atomic E-state index is 11.9. The van der Waals surface area contributed by atoms with Crippen LogP contribution < -0.4 is 10.6 Å². The molecule has 2 N–H and O–H groups in total. The van der Waals surface area contributed by atoms with E-state index in [1.54, 1.807) is 0 Å². The molecule has 1 fully saturated rings. The topological polar surface area (TPSA) is 50.4 Å². The lowest BCUT2D eigenvalue weighted by atomic mass is 9.84. The van der Waals surface area contributed by atoms with Crippen LogP contribution in [0.5, 0.6) is 0 Å². The van der Waals surface area contributed by atoms with Gasteiger partial charge in [0.1, 0.15) is 6.04 Å². The van der Waals surface area contributed by atoms with Gasteiger partial charge in [-0.15, -0.1) is 0 Å². The van der Waals surface area contributed by atoms with Gasteiger partial charge >= 0.3 is 0 Å². The third kappa shape index (κ3) is 5.50. The van der Waals surface area contributed by atoms with Gasteiger partial charge in [-0.2, -0.15) is 0 Å². The fourth-order valence-corrected chi connectivity index (χ4v) is 2.36. The minimum absolute atomic E-state index is 0.0570. The molecule has 0 aliphatic carbocycles. The van der Waals surface area contributed by atoms with Crippen LogP contribution in [0.1, 0.15) is 34.1 Å². The Hall–Kier alpha value is -0.610. The second-order valence-corrected chi connectivity index (χ2v) is 6.06. The summed E-state index contributed by atoms with van der Waals surface area (Å²) in [5.74, 6) is 0.708. The Kier molecular flexibility index (Phi) is 5.40. The van der Waals surface area contributed by atoms with E-state index in [1.807, 2.05) is 0 Å². The van der Waals surface area contributed by atoms with E-state index in [4.69, 9.17) is 4.74 Å². The normalized spacial score (nSPS) is 21.6. The van der Waals surface area contributed by atoms with E-state index in [0.717, 1.165) is 19.5 Å². The summed E-state index contributed by atoms with van der Waals surface area (Å²) in [6.07, 6.45) is 1.11. The Morgan fingerprint density at radius 3 is 2.76 bits per heavy atom. The van der Waals surface area contributed by atoms with Crippen molar-refractivity contribution in [1.82, 2.24) is 10.6 Å². The van der Waals surface area contributed by atoms with Gasteiger partial charge in [-0.05, 0) is 17.8 Å². The van der Waals surface area contributed by atoms with Gasteiger partial charge in [-0.3, -0.25) is 4.79 Å². The first kappa shape index (κ1) is 14.5. The predicted octanol–water partition coefficient (Wildman–Crippen LogP) is 1.16. The van der Waals surface area contributed by atoms with Crippen LogP contribution in [0.4, 0.5) is 0 Å². The van der Waals surface area contributed by atoms with Gasteiger partial charge in [0.2, 0.25) is 5.91 Å². The molecule has 0 bridgehead atoms. The van der Waals surface area contributed by atoms with E-state index >= 15 is 0 Å². The van der Waals surface area contributed by atoms with Crippen LogP contribution >= 0.6 is 0 Å². The molecule has 1 unspecified atom stereocenters. The first-order valence-electron chi connectivity index (χ1n) is 6.49. The minimum atomic E-state index is -0.182. The summed E-state index contributed by atoms with van der Waals surface area (Å²) >= 11 is 0. The van der Waals surface area contributed by atoms with Crippen molar-refractivity contribution in [2.24, 2.45) is 11.3 Å². The highest BCUT2D eigenvalue weighted by Gasteiger charge is 2.24. The van der Waals surface area contributed by atoms with Gasteiger partial charge in [0.05, 0.1) is 13.2 Å². The second kappa shape index (κ2) is 6.36. The lowest BCUT2D eigenvalue weighted by Gasteiger charge is -2.29. The molecule has 1 aliphatic rings. The minimum Gasteiger partial charge on any atom is -0.378 e. The molecule has 0 radical (unpaired) electrons. The van der Waals surface area contributed by atoms with Crippen LogP contribution in [0.15, 0.2) is 0 Å². The van der Waals surface area contributed by atoms with Crippen molar-refractivity contribution in [2.45, 2.75) is 40.2 Å². The highest BCUT2D eigenvalue weighted by atomic mass is 16.5. The Balaban J connectivity index is 2.31. The van der Waals surface area contributed by atoms with Gasteiger partial charge in [0, 0.05) is 13.1 Å². The molecule has 1 aliphatic heterocycles. The first-order valence-corrected chi connectivity index (χ1v) is 6.49. The van der Waals surface area contributed by atoms with Crippen molar-refractivity contribution in [1.29, 1.82) is 0 Å². The number of morpholine rings is 1. The SMILES string of the molecule is CC(C)CC(C)(C)CNC(=O)C1COCCN1. The molecule has 1 heterocycles. The number of nitrogens with one attached hydrogen (secondary N) is 2. The summed E-state index contributed by atoms with van der Waals surface area (Å²) in [7, 11) is 0. The summed E-state index contributed by atoms with van der Waals surface area (Å²) in [4.78, 5) is 11.9. The van der Waals surface area contributed by atoms with E-state index in [2.05, 4.69) is 38.3 Å². The van der Waals surface area contributed by atoms with Crippen LogP contribution in [0.3, 0.4) is 0 Å². The van der Waals surface area contributed by atoms with Crippen molar-refractivity contribution in [3.63, 3.8) is 0 Å². The summed E-state index contributed by atoms with van der Waals surface area (Å²) in [5, 5.41) is 6.18. The van der Waals surface area contributed by atoms with Gasteiger partial charge in [0.15, 0.2) is 0 Å². The highest BCUT2D eigenvalue weighted by molar-refractivity contribution is 5.82. The number of amides is 1. The van der Waals surface area contributed by atoms with Crippen molar-refractivity contribution in [2.75, 3.05) is 26.3 Å². The molecular formula is C13H26N2O2. The molecule has 4 heteroatoms. The molecule has 1 atom stereocenters. The molecule has 0 aromatic heterocycles. The van der Waals surface area contributed by atoms with E-state index in [-0.39, 0.29) is 17.4 Å². The highest BCUT2D eigenvalue weighted by Crippen LogP contribution is 2.24. The molecular weight excluding hydrogens is 216 g/mol. The lowest BCUT2D eigenvalue weighted by molar-refractivity contribution is -0.126. The largest absolute Gasteiger partial charge is 0.378 e. The summed E-state index contributed by atoms with van der Waals surface area (Å²) in [6, 6.07) is -0.182. The fourth-order valence-electron chi connectivity index (χ4n) is 2.36. The monoisotopic (exact) mass is 242 g/mol. The molecule has 0 spiro atoms.